The molecule has 4 nitrogen and oxygen atoms in total. The number of hydrogen-bond acceptors (Lipinski definition) is 3. The molecule has 0 bridgehead atoms. The van der Waals surface area contributed by atoms with Crippen molar-refractivity contribution in [1.29, 1.82) is 0 Å². The summed E-state index contributed by atoms with van der Waals surface area (Å²) in [7, 11) is 3.54. The first-order chi connectivity index (χ1) is 12.3. The number of carbonyl (C=O) groups is 2. The zero-order chi connectivity index (χ0) is 18.8. The SMILES string of the molecule is Cc1ccc(CNC(=O)[C@H]2CCc3sc(C(=O)N(C)C)cc3C2)cc1C. The lowest BCUT2D eigenvalue weighted by atomic mass is 9.87. The summed E-state index contributed by atoms with van der Waals surface area (Å²) in [5, 5.41) is 3.08. The molecule has 1 heterocycles. The molecule has 3 rings (SSSR count). The van der Waals surface area contributed by atoms with Gasteiger partial charge in [0.05, 0.1) is 4.88 Å². The third-order valence-electron chi connectivity index (χ3n) is 5.11. The molecule has 0 radical (unpaired) electrons. The summed E-state index contributed by atoms with van der Waals surface area (Å²) in [5.41, 5.74) is 4.81. The second kappa shape index (κ2) is 7.62. The summed E-state index contributed by atoms with van der Waals surface area (Å²) < 4.78 is 0. The van der Waals surface area contributed by atoms with Crippen LogP contribution in [-0.4, -0.2) is 30.8 Å². The van der Waals surface area contributed by atoms with Crippen molar-refractivity contribution in [2.75, 3.05) is 14.1 Å². The fourth-order valence-corrected chi connectivity index (χ4v) is 4.55. The highest BCUT2D eigenvalue weighted by Gasteiger charge is 2.27. The Labute approximate surface area is 159 Å². The van der Waals surface area contributed by atoms with Crippen LogP contribution in [0.15, 0.2) is 24.3 Å². The lowest BCUT2D eigenvalue weighted by molar-refractivity contribution is -0.125. The summed E-state index contributed by atoms with van der Waals surface area (Å²) >= 11 is 1.58. The second-order valence-corrected chi connectivity index (χ2v) is 8.47. The Bertz CT molecular complexity index is 839. The average Bonchev–Trinajstić information content (AvgIpc) is 3.04. The molecule has 2 aromatic rings. The van der Waals surface area contributed by atoms with Crippen molar-refractivity contribution in [2.45, 2.75) is 39.7 Å². The standard InChI is InChI=1S/C21H26N2O2S/c1-13-5-6-15(9-14(13)2)12-22-20(24)16-7-8-18-17(10-16)11-19(26-18)21(25)23(3)4/h5-6,9,11,16H,7-8,10,12H2,1-4H3,(H,22,24)/t16-/m0/s1. The molecule has 26 heavy (non-hydrogen) atoms. The lowest BCUT2D eigenvalue weighted by Gasteiger charge is -2.21. The number of nitrogens with one attached hydrogen (secondary N) is 1. The van der Waals surface area contributed by atoms with E-state index in [9.17, 15) is 9.59 Å². The Morgan fingerprint density at radius 2 is 1.96 bits per heavy atom. The quantitative estimate of drug-likeness (QED) is 0.896. The van der Waals surface area contributed by atoms with Crippen LogP contribution in [0.25, 0.3) is 0 Å². The van der Waals surface area contributed by atoms with Crippen molar-refractivity contribution < 1.29 is 9.59 Å². The topological polar surface area (TPSA) is 49.4 Å². The molecule has 0 fully saturated rings. The van der Waals surface area contributed by atoms with Gasteiger partial charge in [-0.25, -0.2) is 0 Å². The summed E-state index contributed by atoms with van der Waals surface area (Å²) in [6.45, 7) is 4.75. The van der Waals surface area contributed by atoms with Crippen LogP contribution < -0.4 is 5.32 Å². The first-order valence-electron chi connectivity index (χ1n) is 9.02. The van der Waals surface area contributed by atoms with Crippen molar-refractivity contribution in [1.82, 2.24) is 10.2 Å². The second-order valence-electron chi connectivity index (χ2n) is 7.33. The first-order valence-corrected chi connectivity index (χ1v) is 9.84. The number of rotatable bonds is 4. The zero-order valence-corrected chi connectivity index (χ0v) is 16.7. The van der Waals surface area contributed by atoms with Gasteiger partial charge in [0.2, 0.25) is 5.91 Å². The van der Waals surface area contributed by atoms with Gasteiger partial charge in [0.25, 0.3) is 5.91 Å². The van der Waals surface area contributed by atoms with E-state index >= 15 is 0 Å². The maximum absolute atomic E-state index is 12.6. The monoisotopic (exact) mass is 370 g/mol. The lowest BCUT2D eigenvalue weighted by Crippen LogP contribution is -2.33. The molecule has 0 saturated carbocycles. The Balaban J connectivity index is 1.61. The van der Waals surface area contributed by atoms with Gasteiger partial charge < -0.3 is 10.2 Å². The van der Waals surface area contributed by atoms with Gasteiger partial charge in [0.1, 0.15) is 0 Å². The van der Waals surface area contributed by atoms with Crippen LogP contribution in [0.5, 0.6) is 0 Å². The summed E-state index contributed by atoms with van der Waals surface area (Å²) in [4.78, 5) is 28.4. The van der Waals surface area contributed by atoms with Gasteiger partial charge in [0, 0.05) is 31.4 Å². The van der Waals surface area contributed by atoms with Gasteiger partial charge in [-0.1, -0.05) is 18.2 Å². The van der Waals surface area contributed by atoms with Crippen LogP contribution >= 0.6 is 11.3 Å². The molecular formula is C21H26N2O2S. The van der Waals surface area contributed by atoms with E-state index in [2.05, 4.69) is 37.4 Å². The molecule has 0 spiro atoms. The molecule has 0 aliphatic heterocycles. The Morgan fingerprint density at radius 3 is 2.65 bits per heavy atom. The molecule has 5 heteroatoms. The predicted molar refractivity (Wildman–Crippen MR) is 106 cm³/mol. The molecule has 1 aliphatic rings. The largest absolute Gasteiger partial charge is 0.352 e. The van der Waals surface area contributed by atoms with Gasteiger partial charge in [-0.3, -0.25) is 9.59 Å². The molecule has 1 aromatic heterocycles. The maximum atomic E-state index is 12.6. The van der Waals surface area contributed by atoms with Crippen molar-refractivity contribution >= 4 is 23.2 Å². The summed E-state index contributed by atoms with van der Waals surface area (Å²) in [6.07, 6.45) is 2.45. The molecule has 138 valence electrons. The zero-order valence-electron chi connectivity index (χ0n) is 15.9. The highest BCUT2D eigenvalue weighted by atomic mass is 32.1. The van der Waals surface area contributed by atoms with Crippen LogP contribution in [0.1, 0.15) is 43.2 Å². The van der Waals surface area contributed by atoms with Crippen LogP contribution in [0.3, 0.4) is 0 Å². The molecule has 1 aromatic carbocycles. The molecule has 1 aliphatic carbocycles. The highest BCUT2D eigenvalue weighted by Crippen LogP contribution is 2.33. The molecule has 1 N–H and O–H groups in total. The molecule has 2 amide bonds. The van der Waals surface area contributed by atoms with Crippen molar-refractivity contribution in [3.05, 3.63) is 56.3 Å². The van der Waals surface area contributed by atoms with E-state index in [1.54, 1.807) is 30.3 Å². The van der Waals surface area contributed by atoms with E-state index < -0.39 is 0 Å². The molecular weight excluding hydrogens is 344 g/mol. The number of thiophene rings is 1. The number of aryl methyl sites for hydroxylation is 3. The Hall–Kier alpha value is -2.14. The Kier molecular flexibility index (Phi) is 5.47. The number of benzene rings is 1. The van der Waals surface area contributed by atoms with E-state index in [1.165, 1.54) is 16.0 Å². The van der Waals surface area contributed by atoms with Crippen LogP contribution in [-0.2, 0) is 24.2 Å². The van der Waals surface area contributed by atoms with Crippen LogP contribution in [0.2, 0.25) is 0 Å². The van der Waals surface area contributed by atoms with Crippen molar-refractivity contribution in [3.63, 3.8) is 0 Å². The fourth-order valence-electron chi connectivity index (χ4n) is 3.32. The number of fused-ring (bicyclic) bond motifs is 1. The van der Waals surface area contributed by atoms with E-state index in [4.69, 9.17) is 0 Å². The van der Waals surface area contributed by atoms with Crippen molar-refractivity contribution in [2.24, 2.45) is 5.92 Å². The fraction of sp³-hybridized carbons (Fsp3) is 0.429. The number of nitrogens with zero attached hydrogens (tertiary/aromatic N) is 1. The third kappa shape index (κ3) is 3.98. The smallest absolute Gasteiger partial charge is 0.263 e. The molecule has 0 unspecified atom stereocenters. The number of amides is 2. The van der Waals surface area contributed by atoms with Gasteiger partial charge in [0.15, 0.2) is 0 Å². The third-order valence-corrected chi connectivity index (χ3v) is 6.33. The molecule has 0 saturated heterocycles. The Morgan fingerprint density at radius 1 is 1.19 bits per heavy atom. The number of carbonyl (C=O) groups excluding carboxylic acids is 2. The maximum Gasteiger partial charge on any atom is 0.263 e. The number of hydrogen-bond donors (Lipinski definition) is 1. The summed E-state index contributed by atoms with van der Waals surface area (Å²) in [5.74, 6) is 0.145. The summed E-state index contributed by atoms with van der Waals surface area (Å²) in [6, 6.07) is 8.27. The minimum absolute atomic E-state index is 0.00838. The van der Waals surface area contributed by atoms with Gasteiger partial charge in [-0.2, -0.15) is 0 Å². The highest BCUT2D eigenvalue weighted by molar-refractivity contribution is 7.14. The predicted octanol–water partition coefficient (Wildman–Crippen LogP) is 3.49. The van der Waals surface area contributed by atoms with Gasteiger partial charge in [-0.05, 0) is 61.4 Å². The molecule has 1 atom stereocenters. The van der Waals surface area contributed by atoms with E-state index in [0.717, 1.165) is 35.3 Å². The normalized spacial score (nSPS) is 16.1. The van der Waals surface area contributed by atoms with Crippen LogP contribution in [0.4, 0.5) is 0 Å². The van der Waals surface area contributed by atoms with E-state index in [0.29, 0.717) is 6.54 Å². The first kappa shape index (κ1) is 18.6. The average molecular weight is 371 g/mol. The minimum atomic E-state index is -0.00838. The van der Waals surface area contributed by atoms with Crippen LogP contribution in [0, 0.1) is 19.8 Å². The van der Waals surface area contributed by atoms with Gasteiger partial charge in [-0.15, -0.1) is 11.3 Å². The van der Waals surface area contributed by atoms with Gasteiger partial charge >= 0.3 is 0 Å². The van der Waals surface area contributed by atoms with Crippen molar-refractivity contribution in [3.8, 4) is 0 Å². The minimum Gasteiger partial charge on any atom is -0.352 e. The van der Waals surface area contributed by atoms with E-state index in [1.807, 2.05) is 6.07 Å². The van der Waals surface area contributed by atoms with E-state index in [-0.39, 0.29) is 17.7 Å².